The molecule has 0 aliphatic rings. The Bertz CT molecular complexity index is 440. The third kappa shape index (κ3) is 6.00. The van der Waals surface area contributed by atoms with Gasteiger partial charge in [-0.15, -0.1) is 0 Å². The molecule has 0 fully saturated rings. The van der Waals surface area contributed by atoms with Crippen LogP contribution in [-0.2, 0) is 36.7 Å². The van der Waals surface area contributed by atoms with Crippen LogP contribution in [-0.4, -0.2) is 53.1 Å². The molecule has 0 saturated carbocycles. The second kappa shape index (κ2) is 9.89. The lowest BCUT2D eigenvalue weighted by Gasteiger charge is -2.11. The normalized spacial score (nSPS) is 12.4. The summed E-state index contributed by atoms with van der Waals surface area (Å²) in [5, 5.41) is 0. The van der Waals surface area contributed by atoms with Crippen molar-refractivity contribution >= 4 is 26.6 Å². The quantitative estimate of drug-likeness (QED) is 0.424. The van der Waals surface area contributed by atoms with Gasteiger partial charge < -0.3 is 27.6 Å². The first kappa shape index (κ1) is 21.0. The number of carbonyl (C=O) groups is 2. The Labute approximate surface area is 127 Å². The van der Waals surface area contributed by atoms with Gasteiger partial charge in [0.1, 0.15) is 13.2 Å². The lowest BCUT2D eigenvalue weighted by molar-refractivity contribution is 0.164. The molecule has 0 aromatic rings. The van der Waals surface area contributed by atoms with Gasteiger partial charge in [-0.3, -0.25) is 0 Å². The van der Waals surface area contributed by atoms with Gasteiger partial charge in [-0.2, -0.15) is 0 Å². The maximum absolute atomic E-state index is 11.6. The lowest BCUT2D eigenvalue weighted by Crippen LogP contribution is -2.07. The summed E-state index contributed by atoms with van der Waals surface area (Å²) >= 11 is 0. The van der Waals surface area contributed by atoms with Crippen molar-refractivity contribution in [3.63, 3.8) is 0 Å². The first-order valence-corrected chi connectivity index (χ1v) is 8.80. The third-order valence-electron chi connectivity index (χ3n) is 2.18. The third-order valence-corrected chi connectivity index (χ3v) is 5.26. The van der Waals surface area contributed by atoms with Crippen molar-refractivity contribution in [3.05, 3.63) is 12.2 Å². The van der Waals surface area contributed by atoms with Gasteiger partial charge in [0.15, 0.2) is 0 Å². The van der Waals surface area contributed by atoms with Crippen molar-refractivity contribution in [3.8, 4) is 0 Å². The summed E-state index contributed by atoms with van der Waals surface area (Å²) in [6, 6.07) is 0. The predicted octanol–water partition coefficient (Wildman–Crippen LogP) is 2.79. The van der Waals surface area contributed by atoms with Crippen molar-refractivity contribution in [1.82, 2.24) is 0 Å². The highest BCUT2D eigenvalue weighted by atomic mass is 31.2. The van der Waals surface area contributed by atoms with Crippen LogP contribution in [0.1, 0.15) is 0 Å². The van der Waals surface area contributed by atoms with Crippen LogP contribution in [0.4, 0.5) is 9.59 Å². The van der Waals surface area contributed by atoms with Crippen LogP contribution in [0.25, 0.3) is 0 Å². The average Bonchev–Trinajstić information content (AvgIpc) is 2.55. The van der Waals surface area contributed by atoms with Crippen molar-refractivity contribution in [2.75, 3.05) is 41.7 Å². The number of hydrogen-bond acceptors (Lipinski definition) is 10. The first-order chi connectivity index (χ1) is 10.3. The smallest absolute Gasteiger partial charge is 0.437 e. The molecule has 0 aliphatic carbocycles. The zero-order valence-corrected chi connectivity index (χ0v) is 14.3. The molecular formula is C10H18O10P2. The Morgan fingerprint density at radius 2 is 1.00 bits per heavy atom. The zero-order chi connectivity index (χ0) is 17.2. The number of hydrogen-bond donors (Lipinski definition) is 0. The van der Waals surface area contributed by atoms with E-state index in [0.29, 0.717) is 0 Å². The lowest BCUT2D eigenvalue weighted by atomic mass is 10.5. The molecule has 0 aliphatic heterocycles. The molecule has 0 saturated heterocycles. The molecule has 0 bridgehead atoms. The monoisotopic (exact) mass is 360 g/mol. The molecule has 0 rings (SSSR count). The molecule has 0 aromatic carbocycles. The topological polar surface area (TPSA) is 124 Å². The van der Waals surface area contributed by atoms with Gasteiger partial charge in [0.25, 0.3) is 0 Å². The van der Waals surface area contributed by atoms with Gasteiger partial charge in [-0.1, -0.05) is 0 Å². The molecule has 0 aromatic heterocycles. The largest absolute Gasteiger partial charge is 0.452 e. The minimum atomic E-state index is -3.92. The first-order valence-electron chi connectivity index (χ1n) is 5.72. The van der Waals surface area contributed by atoms with Crippen LogP contribution in [0.3, 0.4) is 0 Å². The Morgan fingerprint density at radius 1 is 0.727 bits per heavy atom. The molecule has 22 heavy (non-hydrogen) atoms. The molecule has 12 heteroatoms. The van der Waals surface area contributed by atoms with E-state index in [4.69, 9.17) is 0 Å². The van der Waals surface area contributed by atoms with Gasteiger partial charge >= 0.3 is 26.6 Å². The summed E-state index contributed by atoms with van der Waals surface area (Å²) in [4.78, 5) is 22.7. The number of ether oxygens (including phenoxy) is 2. The highest BCUT2D eigenvalue weighted by molar-refractivity contribution is 7.71. The van der Waals surface area contributed by atoms with Crippen LogP contribution in [0.5, 0.6) is 0 Å². The summed E-state index contributed by atoms with van der Waals surface area (Å²) in [6.07, 6.45) is 2.62. The van der Waals surface area contributed by atoms with E-state index in [0.717, 1.165) is 28.4 Å². The molecule has 10 nitrogen and oxygen atoms in total. The summed E-state index contributed by atoms with van der Waals surface area (Å²) in [5.74, 6) is 0. The summed E-state index contributed by atoms with van der Waals surface area (Å²) in [6.45, 7) is -0.501. The highest BCUT2D eigenvalue weighted by Gasteiger charge is 2.35. The fraction of sp³-hybridized carbons (Fsp3) is 0.600. The molecule has 128 valence electrons. The van der Waals surface area contributed by atoms with Crippen molar-refractivity contribution in [1.29, 1.82) is 0 Å². The van der Waals surface area contributed by atoms with Crippen LogP contribution < -0.4 is 0 Å². The molecule has 0 amide bonds. The van der Waals surface area contributed by atoms with E-state index in [2.05, 4.69) is 27.6 Å². The van der Waals surface area contributed by atoms with E-state index < -0.39 is 26.6 Å². The van der Waals surface area contributed by atoms with Crippen molar-refractivity contribution in [2.24, 2.45) is 0 Å². The van der Waals surface area contributed by atoms with E-state index in [1.54, 1.807) is 0 Å². The highest BCUT2D eigenvalue weighted by Crippen LogP contribution is 2.48. The van der Waals surface area contributed by atoms with E-state index in [1.807, 2.05) is 0 Å². The Morgan fingerprint density at radius 3 is 1.23 bits per heavy atom. The molecule has 0 radical (unpaired) electrons. The maximum Gasteiger partial charge on any atom is 0.437 e. The van der Waals surface area contributed by atoms with Crippen LogP contribution >= 0.6 is 15.2 Å². The van der Waals surface area contributed by atoms with Crippen molar-refractivity contribution < 1.29 is 46.3 Å². The Hall–Kier alpha value is -1.02. The second-order valence-electron chi connectivity index (χ2n) is 3.35. The molecular weight excluding hydrogens is 342 g/mol. The zero-order valence-electron chi connectivity index (χ0n) is 12.5. The van der Waals surface area contributed by atoms with Crippen LogP contribution in [0.2, 0.25) is 0 Å². The summed E-state index contributed by atoms with van der Waals surface area (Å²) in [5.41, 5.74) is -2.30. The SMILES string of the molecule is COP(=O)(OC)C(=O)OCC=CCOC(=O)P(=O)(OC)OC. The molecule has 0 unspecified atom stereocenters. The van der Waals surface area contributed by atoms with Crippen molar-refractivity contribution in [2.45, 2.75) is 0 Å². The van der Waals surface area contributed by atoms with Crippen LogP contribution in [0, 0.1) is 0 Å². The van der Waals surface area contributed by atoms with E-state index in [9.17, 15) is 18.7 Å². The average molecular weight is 360 g/mol. The number of carbonyl (C=O) groups excluding carboxylic acids is 2. The fourth-order valence-corrected chi connectivity index (χ4v) is 2.34. The van der Waals surface area contributed by atoms with Crippen LogP contribution in [0.15, 0.2) is 12.2 Å². The Kier molecular flexibility index (Phi) is 9.43. The minimum Gasteiger partial charge on any atom is -0.452 e. The summed E-state index contributed by atoms with van der Waals surface area (Å²) in [7, 11) is -3.66. The Balaban J connectivity index is 4.18. The van der Waals surface area contributed by atoms with Gasteiger partial charge in [0.2, 0.25) is 0 Å². The molecule has 0 spiro atoms. The molecule has 0 heterocycles. The van der Waals surface area contributed by atoms with E-state index in [1.165, 1.54) is 12.2 Å². The van der Waals surface area contributed by atoms with Gasteiger partial charge in [0.05, 0.1) is 0 Å². The standard InChI is InChI=1S/C10H18O10P2/c1-15-21(13,16-2)9(11)19-7-5-6-8-20-10(12)22(14,17-3)18-4/h5-6H,7-8H2,1-4H3. The minimum absolute atomic E-state index is 0.251. The van der Waals surface area contributed by atoms with E-state index in [-0.39, 0.29) is 13.2 Å². The van der Waals surface area contributed by atoms with Gasteiger partial charge in [0, 0.05) is 28.4 Å². The number of rotatable bonds is 10. The molecule has 0 N–H and O–H groups in total. The predicted molar refractivity (Wildman–Crippen MR) is 75.1 cm³/mol. The molecule has 0 atom stereocenters. The van der Waals surface area contributed by atoms with Gasteiger partial charge in [-0.05, 0) is 12.2 Å². The maximum atomic E-state index is 11.6. The van der Waals surface area contributed by atoms with Gasteiger partial charge in [-0.25, -0.2) is 18.7 Å². The summed E-state index contributed by atoms with van der Waals surface area (Å²) < 4.78 is 50.1. The fourth-order valence-electron chi connectivity index (χ4n) is 0.980. The van der Waals surface area contributed by atoms with E-state index >= 15 is 0 Å². The second-order valence-corrected chi connectivity index (χ2v) is 7.53.